The minimum atomic E-state index is -0.303. The van der Waals surface area contributed by atoms with E-state index in [-0.39, 0.29) is 11.8 Å². The van der Waals surface area contributed by atoms with Crippen LogP contribution in [0.4, 0.5) is 5.69 Å². The monoisotopic (exact) mass is 299 g/mol. The van der Waals surface area contributed by atoms with Crippen LogP contribution in [0.1, 0.15) is 0 Å². The molecule has 0 radical (unpaired) electrons. The lowest BCUT2D eigenvalue weighted by atomic mass is 9.95. The Kier molecular flexibility index (Phi) is 3.05. The maximum atomic E-state index is 12.1. The number of carbonyl (C=O) groups excluding carboxylic acids is 2. The van der Waals surface area contributed by atoms with Crippen LogP contribution in [-0.4, -0.2) is 11.8 Å². The number of fused-ring (bicyclic) bond motifs is 1. The van der Waals surface area contributed by atoms with Crippen LogP contribution in [0.3, 0.4) is 0 Å². The number of nitrogens with zero attached hydrogens (tertiary/aromatic N) is 1. The van der Waals surface area contributed by atoms with Gasteiger partial charge in [-0.3, -0.25) is 9.59 Å². The Morgan fingerprint density at radius 1 is 0.652 bits per heavy atom. The molecule has 0 unspecified atom stereocenters. The number of hydrogen-bond donors (Lipinski definition) is 0. The average molecular weight is 299 g/mol. The molecule has 0 bridgehead atoms. The first kappa shape index (κ1) is 13.5. The van der Waals surface area contributed by atoms with Crippen LogP contribution < -0.4 is 4.90 Å². The van der Waals surface area contributed by atoms with Gasteiger partial charge in [-0.1, -0.05) is 60.7 Å². The van der Waals surface area contributed by atoms with Gasteiger partial charge in [-0.25, -0.2) is 4.90 Å². The van der Waals surface area contributed by atoms with Gasteiger partial charge in [0.2, 0.25) is 0 Å². The lowest BCUT2D eigenvalue weighted by Crippen LogP contribution is -2.30. The molecule has 3 aromatic rings. The van der Waals surface area contributed by atoms with Crippen LogP contribution >= 0.6 is 0 Å². The van der Waals surface area contributed by atoms with Crippen LogP contribution in [0.25, 0.3) is 21.9 Å². The van der Waals surface area contributed by atoms with Crippen molar-refractivity contribution in [2.45, 2.75) is 0 Å². The highest BCUT2D eigenvalue weighted by Crippen LogP contribution is 2.38. The van der Waals surface area contributed by atoms with Crippen molar-refractivity contribution in [3.8, 4) is 11.1 Å². The molecule has 3 nitrogen and oxygen atoms in total. The van der Waals surface area contributed by atoms with Crippen LogP contribution in [0.2, 0.25) is 0 Å². The zero-order valence-corrected chi connectivity index (χ0v) is 12.3. The molecule has 4 rings (SSSR count). The zero-order valence-electron chi connectivity index (χ0n) is 12.3. The number of amides is 2. The van der Waals surface area contributed by atoms with Gasteiger partial charge in [0.15, 0.2) is 0 Å². The lowest BCUT2D eigenvalue weighted by molar-refractivity contribution is -0.119. The maximum absolute atomic E-state index is 12.1. The van der Waals surface area contributed by atoms with E-state index in [1.165, 1.54) is 17.1 Å². The summed E-state index contributed by atoms with van der Waals surface area (Å²) in [5, 5.41) is 2.09. The maximum Gasteiger partial charge on any atom is 0.258 e. The van der Waals surface area contributed by atoms with Crippen LogP contribution in [0.15, 0.2) is 78.9 Å². The number of rotatable bonds is 2. The Morgan fingerprint density at radius 2 is 1.30 bits per heavy atom. The Hall–Kier alpha value is -3.20. The van der Waals surface area contributed by atoms with Crippen molar-refractivity contribution < 1.29 is 9.59 Å². The highest BCUT2D eigenvalue weighted by atomic mass is 16.2. The Morgan fingerprint density at radius 3 is 2.04 bits per heavy atom. The van der Waals surface area contributed by atoms with Crippen molar-refractivity contribution in [1.82, 2.24) is 0 Å². The molecule has 1 heterocycles. The van der Waals surface area contributed by atoms with Gasteiger partial charge in [0.1, 0.15) is 0 Å². The molecule has 0 aliphatic carbocycles. The highest BCUT2D eigenvalue weighted by Gasteiger charge is 2.28. The fourth-order valence-electron chi connectivity index (χ4n) is 2.99. The first-order chi connectivity index (χ1) is 11.3. The molecule has 0 N–H and O–H groups in total. The minimum Gasteiger partial charge on any atom is -0.269 e. The molecule has 0 spiro atoms. The molecular formula is C20H13NO2. The quantitative estimate of drug-likeness (QED) is 0.672. The standard InChI is InChI=1S/C20H13NO2/c22-18-12-13-19(23)21(18)17-11-10-14-6-4-5-9-16(14)20(17)15-7-2-1-3-8-15/h1-13H. The molecule has 0 saturated heterocycles. The molecule has 0 saturated carbocycles. The van der Waals surface area contributed by atoms with Gasteiger partial charge >= 0.3 is 0 Å². The molecule has 110 valence electrons. The fraction of sp³-hybridized carbons (Fsp3) is 0. The summed E-state index contributed by atoms with van der Waals surface area (Å²) in [6, 6.07) is 21.6. The minimum absolute atomic E-state index is 0.303. The van der Waals surface area contributed by atoms with Crippen molar-refractivity contribution in [2.24, 2.45) is 0 Å². The molecule has 2 amide bonds. The van der Waals surface area contributed by atoms with E-state index in [0.29, 0.717) is 5.69 Å². The van der Waals surface area contributed by atoms with Gasteiger partial charge in [-0.15, -0.1) is 0 Å². The summed E-state index contributed by atoms with van der Waals surface area (Å²) in [5.41, 5.74) is 2.50. The second kappa shape index (κ2) is 5.21. The molecule has 1 aliphatic heterocycles. The number of benzene rings is 3. The predicted octanol–water partition coefficient (Wildman–Crippen LogP) is 3.94. The van der Waals surface area contributed by atoms with Gasteiger partial charge in [0, 0.05) is 17.7 Å². The predicted molar refractivity (Wildman–Crippen MR) is 91.0 cm³/mol. The zero-order chi connectivity index (χ0) is 15.8. The molecular weight excluding hydrogens is 286 g/mol. The molecule has 0 atom stereocenters. The summed E-state index contributed by atoms with van der Waals surface area (Å²) in [5.74, 6) is -0.607. The van der Waals surface area contributed by atoms with Gasteiger partial charge in [0.25, 0.3) is 11.8 Å². The second-order valence-corrected chi connectivity index (χ2v) is 5.39. The Bertz CT molecular complexity index is 940. The summed E-state index contributed by atoms with van der Waals surface area (Å²) in [7, 11) is 0. The summed E-state index contributed by atoms with van der Waals surface area (Å²) < 4.78 is 0. The van der Waals surface area contributed by atoms with Crippen LogP contribution in [-0.2, 0) is 9.59 Å². The van der Waals surface area contributed by atoms with Crippen molar-refractivity contribution in [3.63, 3.8) is 0 Å². The third-order valence-corrected chi connectivity index (χ3v) is 4.02. The van der Waals surface area contributed by atoms with Crippen molar-refractivity contribution in [3.05, 3.63) is 78.9 Å². The highest BCUT2D eigenvalue weighted by molar-refractivity contribution is 6.30. The first-order valence-electron chi connectivity index (χ1n) is 7.39. The van der Waals surface area contributed by atoms with E-state index in [0.717, 1.165) is 21.9 Å². The number of anilines is 1. The van der Waals surface area contributed by atoms with Gasteiger partial charge in [0.05, 0.1) is 5.69 Å². The molecule has 0 fully saturated rings. The Balaban J connectivity index is 2.05. The fourth-order valence-corrected chi connectivity index (χ4v) is 2.99. The van der Waals surface area contributed by atoms with Gasteiger partial charge in [-0.05, 0) is 22.4 Å². The van der Waals surface area contributed by atoms with Gasteiger partial charge < -0.3 is 0 Å². The average Bonchev–Trinajstić information content (AvgIpc) is 2.93. The molecule has 3 heteroatoms. The molecule has 0 aromatic heterocycles. The van der Waals surface area contributed by atoms with Crippen molar-refractivity contribution >= 4 is 28.3 Å². The summed E-state index contributed by atoms with van der Waals surface area (Å²) in [6.45, 7) is 0. The van der Waals surface area contributed by atoms with Crippen LogP contribution in [0, 0.1) is 0 Å². The summed E-state index contributed by atoms with van der Waals surface area (Å²) in [6.07, 6.45) is 2.62. The normalized spacial score (nSPS) is 14.0. The van der Waals surface area contributed by atoms with Crippen molar-refractivity contribution in [1.29, 1.82) is 0 Å². The van der Waals surface area contributed by atoms with Crippen molar-refractivity contribution in [2.75, 3.05) is 4.90 Å². The third kappa shape index (κ3) is 2.14. The van der Waals surface area contributed by atoms with Gasteiger partial charge in [-0.2, -0.15) is 0 Å². The smallest absolute Gasteiger partial charge is 0.258 e. The topological polar surface area (TPSA) is 37.4 Å². The largest absolute Gasteiger partial charge is 0.269 e. The number of imide groups is 1. The van der Waals surface area contributed by atoms with E-state index in [1.807, 2.05) is 66.7 Å². The lowest BCUT2D eigenvalue weighted by Gasteiger charge is -2.20. The summed E-state index contributed by atoms with van der Waals surface area (Å²) in [4.78, 5) is 25.5. The third-order valence-electron chi connectivity index (χ3n) is 4.02. The second-order valence-electron chi connectivity index (χ2n) is 5.39. The van der Waals surface area contributed by atoms with E-state index >= 15 is 0 Å². The van der Waals surface area contributed by atoms with E-state index < -0.39 is 0 Å². The molecule has 23 heavy (non-hydrogen) atoms. The number of hydrogen-bond acceptors (Lipinski definition) is 2. The van der Waals surface area contributed by atoms with E-state index in [9.17, 15) is 9.59 Å². The first-order valence-corrected chi connectivity index (χ1v) is 7.39. The Labute approximate surface area is 133 Å². The SMILES string of the molecule is O=C1C=CC(=O)N1c1ccc2ccccc2c1-c1ccccc1. The molecule has 3 aromatic carbocycles. The molecule has 1 aliphatic rings. The summed E-state index contributed by atoms with van der Waals surface area (Å²) >= 11 is 0. The van der Waals surface area contributed by atoms with E-state index in [1.54, 1.807) is 0 Å². The van der Waals surface area contributed by atoms with Crippen LogP contribution in [0.5, 0.6) is 0 Å². The number of carbonyl (C=O) groups is 2. The van der Waals surface area contributed by atoms with E-state index in [4.69, 9.17) is 0 Å². The van der Waals surface area contributed by atoms with E-state index in [2.05, 4.69) is 0 Å².